The van der Waals surface area contributed by atoms with Crippen molar-refractivity contribution in [2.75, 3.05) is 6.54 Å². The van der Waals surface area contributed by atoms with Crippen molar-refractivity contribution in [3.8, 4) is 12.3 Å². The Kier molecular flexibility index (Phi) is 8.09. The zero-order chi connectivity index (χ0) is 23.2. The summed E-state index contributed by atoms with van der Waals surface area (Å²) in [6.07, 6.45) is 7.57. The molecule has 1 saturated carbocycles. The highest BCUT2D eigenvalue weighted by molar-refractivity contribution is 5.91. The Balaban J connectivity index is 2.35. The van der Waals surface area contributed by atoms with Crippen LogP contribution in [0.4, 0.5) is 4.79 Å². The van der Waals surface area contributed by atoms with Crippen molar-refractivity contribution < 1.29 is 19.1 Å². The molecule has 0 saturated heterocycles. The number of amides is 3. The summed E-state index contributed by atoms with van der Waals surface area (Å²) < 4.78 is 5.22. The third-order valence-electron chi connectivity index (χ3n) is 4.91. The second-order valence-electron chi connectivity index (χ2n) is 9.04. The van der Waals surface area contributed by atoms with Gasteiger partial charge in [0.1, 0.15) is 18.2 Å². The van der Waals surface area contributed by atoms with Crippen molar-refractivity contribution in [1.29, 1.82) is 0 Å². The van der Waals surface area contributed by atoms with Crippen LogP contribution in [-0.4, -0.2) is 47.0 Å². The summed E-state index contributed by atoms with van der Waals surface area (Å²) in [4.78, 5) is 40.2. The van der Waals surface area contributed by atoms with Gasteiger partial charge in [-0.1, -0.05) is 24.1 Å². The molecular weight excluding hydrogens is 394 g/mol. The molecule has 7 nitrogen and oxygen atoms in total. The largest absolute Gasteiger partial charge is 0.444 e. The maximum Gasteiger partial charge on any atom is 0.408 e. The van der Waals surface area contributed by atoms with Gasteiger partial charge in [-0.3, -0.25) is 9.59 Å². The molecule has 1 atom stereocenters. The Morgan fingerprint density at radius 3 is 2.39 bits per heavy atom. The van der Waals surface area contributed by atoms with Gasteiger partial charge in [0.2, 0.25) is 11.8 Å². The topological polar surface area (TPSA) is 87.7 Å². The lowest BCUT2D eigenvalue weighted by molar-refractivity contribution is -0.145. The number of alkyl carbamates (subject to hydrolysis) is 1. The molecular formula is C24H33N3O4. The number of terminal acetylenes is 1. The van der Waals surface area contributed by atoms with E-state index in [2.05, 4.69) is 16.6 Å². The standard InChI is InChI=1S/C24H33N3O4/c1-7-17-11-8-9-14-19(17)21(22(29)26-16(2)3)27(18-12-10-13-18)20(28)15-25-23(30)31-24(4,5)6/h1,8-9,11,14,16,18,21H,10,12-13,15H2,2-6H3,(H,25,30)(H,26,29). The van der Waals surface area contributed by atoms with Gasteiger partial charge in [0.25, 0.3) is 0 Å². The molecule has 1 fully saturated rings. The monoisotopic (exact) mass is 427 g/mol. The minimum atomic E-state index is -0.882. The number of carbonyl (C=O) groups is 3. The number of carbonyl (C=O) groups excluding carboxylic acids is 3. The number of ether oxygens (including phenoxy) is 1. The van der Waals surface area contributed by atoms with Crippen LogP contribution >= 0.6 is 0 Å². The van der Waals surface area contributed by atoms with Crippen LogP contribution in [0.3, 0.4) is 0 Å². The van der Waals surface area contributed by atoms with Gasteiger partial charge in [0, 0.05) is 17.6 Å². The van der Waals surface area contributed by atoms with Crippen molar-refractivity contribution in [1.82, 2.24) is 15.5 Å². The summed E-state index contributed by atoms with van der Waals surface area (Å²) in [6, 6.07) is 6.05. The van der Waals surface area contributed by atoms with Gasteiger partial charge >= 0.3 is 6.09 Å². The van der Waals surface area contributed by atoms with Crippen molar-refractivity contribution in [2.45, 2.75) is 77.6 Å². The van der Waals surface area contributed by atoms with Gasteiger partial charge in [-0.05, 0) is 65.5 Å². The van der Waals surface area contributed by atoms with E-state index in [0.29, 0.717) is 11.1 Å². The van der Waals surface area contributed by atoms with Crippen molar-refractivity contribution in [3.05, 3.63) is 35.4 Å². The lowest BCUT2D eigenvalue weighted by Crippen LogP contribution is -2.54. The van der Waals surface area contributed by atoms with Crippen LogP contribution in [0.25, 0.3) is 0 Å². The molecule has 0 spiro atoms. The fourth-order valence-electron chi connectivity index (χ4n) is 3.42. The summed E-state index contributed by atoms with van der Waals surface area (Å²) in [5, 5.41) is 5.43. The Hall–Kier alpha value is -3.01. The van der Waals surface area contributed by atoms with Crippen LogP contribution in [0.15, 0.2) is 24.3 Å². The first-order valence-electron chi connectivity index (χ1n) is 10.7. The highest BCUT2D eigenvalue weighted by Crippen LogP contribution is 2.34. The minimum absolute atomic E-state index is 0.0957. The second kappa shape index (κ2) is 10.3. The van der Waals surface area contributed by atoms with Gasteiger partial charge in [-0.15, -0.1) is 6.42 Å². The average molecular weight is 428 g/mol. The molecule has 0 heterocycles. The van der Waals surface area contributed by atoms with Crippen molar-refractivity contribution >= 4 is 17.9 Å². The van der Waals surface area contributed by atoms with Gasteiger partial charge in [-0.25, -0.2) is 4.79 Å². The molecule has 3 amide bonds. The van der Waals surface area contributed by atoms with E-state index in [1.165, 1.54) is 0 Å². The fourth-order valence-corrected chi connectivity index (χ4v) is 3.42. The summed E-state index contributed by atoms with van der Waals surface area (Å²) in [5.41, 5.74) is 0.482. The Morgan fingerprint density at radius 1 is 1.23 bits per heavy atom. The Morgan fingerprint density at radius 2 is 1.87 bits per heavy atom. The summed E-state index contributed by atoms with van der Waals surface area (Å²) >= 11 is 0. The molecule has 0 aromatic heterocycles. The van der Waals surface area contributed by atoms with Crippen LogP contribution in [0.1, 0.15) is 71.0 Å². The number of rotatable bonds is 7. The molecule has 1 unspecified atom stereocenters. The molecule has 31 heavy (non-hydrogen) atoms. The highest BCUT2D eigenvalue weighted by atomic mass is 16.6. The normalized spacial score (nSPS) is 14.7. The van der Waals surface area contributed by atoms with Crippen LogP contribution < -0.4 is 10.6 Å². The fraction of sp³-hybridized carbons (Fsp3) is 0.542. The molecule has 0 aliphatic heterocycles. The van der Waals surface area contributed by atoms with E-state index >= 15 is 0 Å². The van der Waals surface area contributed by atoms with Gasteiger partial charge in [-0.2, -0.15) is 0 Å². The SMILES string of the molecule is C#Cc1ccccc1C(C(=O)NC(C)C)N(C(=O)CNC(=O)OC(C)(C)C)C1CCC1. The second-order valence-corrected chi connectivity index (χ2v) is 9.04. The third kappa shape index (κ3) is 6.74. The van der Waals surface area contributed by atoms with E-state index in [1.807, 2.05) is 13.8 Å². The van der Waals surface area contributed by atoms with E-state index in [9.17, 15) is 14.4 Å². The first-order valence-corrected chi connectivity index (χ1v) is 10.7. The van der Waals surface area contributed by atoms with Crippen LogP contribution in [0, 0.1) is 12.3 Å². The molecule has 7 heteroatoms. The zero-order valence-corrected chi connectivity index (χ0v) is 19.0. The van der Waals surface area contributed by atoms with E-state index in [1.54, 1.807) is 49.9 Å². The van der Waals surface area contributed by atoms with E-state index in [0.717, 1.165) is 19.3 Å². The molecule has 1 aliphatic rings. The number of hydrogen-bond donors (Lipinski definition) is 2. The quantitative estimate of drug-likeness (QED) is 0.655. The Bertz CT molecular complexity index is 847. The van der Waals surface area contributed by atoms with Gasteiger partial charge in [0.05, 0.1) is 0 Å². The van der Waals surface area contributed by atoms with E-state index < -0.39 is 17.7 Å². The average Bonchev–Trinajstić information content (AvgIpc) is 2.62. The predicted molar refractivity (Wildman–Crippen MR) is 119 cm³/mol. The molecule has 168 valence electrons. The summed E-state index contributed by atoms with van der Waals surface area (Å²) in [7, 11) is 0. The van der Waals surface area contributed by atoms with E-state index in [4.69, 9.17) is 11.2 Å². The van der Waals surface area contributed by atoms with E-state index in [-0.39, 0.29) is 30.4 Å². The maximum atomic E-state index is 13.3. The zero-order valence-electron chi connectivity index (χ0n) is 19.0. The molecule has 2 N–H and O–H groups in total. The molecule has 0 bridgehead atoms. The number of hydrogen-bond acceptors (Lipinski definition) is 4. The number of benzene rings is 1. The van der Waals surface area contributed by atoms with Crippen LogP contribution in [0.2, 0.25) is 0 Å². The lowest BCUT2D eigenvalue weighted by Gasteiger charge is -2.42. The molecule has 0 radical (unpaired) electrons. The first-order chi connectivity index (χ1) is 14.5. The van der Waals surface area contributed by atoms with Crippen LogP contribution in [0.5, 0.6) is 0 Å². The lowest BCUT2D eigenvalue weighted by atomic mass is 9.87. The predicted octanol–water partition coefficient (Wildman–Crippen LogP) is 3.14. The smallest absolute Gasteiger partial charge is 0.408 e. The number of nitrogens with zero attached hydrogens (tertiary/aromatic N) is 1. The third-order valence-corrected chi connectivity index (χ3v) is 4.91. The van der Waals surface area contributed by atoms with Crippen molar-refractivity contribution in [3.63, 3.8) is 0 Å². The molecule has 2 rings (SSSR count). The van der Waals surface area contributed by atoms with Gasteiger partial charge in [0.15, 0.2) is 0 Å². The summed E-state index contributed by atoms with van der Waals surface area (Å²) in [6.45, 7) is 8.70. The van der Waals surface area contributed by atoms with Crippen molar-refractivity contribution in [2.24, 2.45) is 0 Å². The highest BCUT2D eigenvalue weighted by Gasteiger charge is 2.39. The molecule has 1 aromatic carbocycles. The number of nitrogens with one attached hydrogen (secondary N) is 2. The molecule has 1 aliphatic carbocycles. The van der Waals surface area contributed by atoms with Crippen LogP contribution in [-0.2, 0) is 14.3 Å². The summed E-state index contributed by atoms with van der Waals surface area (Å²) in [5.74, 6) is 1.97. The molecule has 1 aromatic rings. The van der Waals surface area contributed by atoms with Gasteiger partial charge < -0.3 is 20.3 Å². The maximum absolute atomic E-state index is 13.3. The minimum Gasteiger partial charge on any atom is -0.444 e. The Labute approximate surface area is 184 Å². The first kappa shape index (κ1) is 24.3.